The molecule has 2 aliphatic rings. The maximum Gasteiger partial charge on any atom is 0.330 e. The lowest BCUT2D eigenvalue weighted by atomic mass is 9.91. The molecule has 4 rings (SSSR count). The zero-order valence-electron chi connectivity index (χ0n) is 12.9. The second kappa shape index (κ2) is 5.11. The summed E-state index contributed by atoms with van der Waals surface area (Å²) in [7, 11) is 0. The van der Waals surface area contributed by atoms with Crippen molar-refractivity contribution < 1.29 is 0 Å². The molecule has 0 bridgehead atoms. The number of hydrogen-bond acceptors (Lipinski definition) is 3. The van der Waals surface area contributed by atoms with Gasteiger partial charge in [0, 0.05) is 12.5 Å². The summed E-state index contributed by atoms with van der Waals surface area (Å²) in [5.41, 5.74) is 0.256. The first-order valence-electron chi connectivity index (χ1n) is 8.41. The third kappa shape index (κ3) is 1.96. The van der Waals surface area contributed by atoms with E-state index >= 15 is 0 Å². The highest BCUT2D eigenvalue weighted by Gasteiger charge is 2.41. The van der Waals surface area contributed by atoms with E-state index in [0.717, 1.165) is 24.6 Å². The van der Waals surface area contributed by atoms with Crippen LogP contribution in [0.1, 0.15) is 57.2 Å². The van der Waals surface area contributed by atoms with E-state index in [9.17, 15) is 9.59 Å². The normalized spacial score (nSPS) is 27.6. The Labute approximate surface area is 128 Å². The fraction of sp³-hybridized carbons (Fsp3) is 0.688. The minimum atomic E-state index is -0.359. The minimum absolute atomic E-state index is 0.355. The molecule has 3 atom stereocenters. The lowest BCUT2D eigenvalue weighted by molar-refractivity contribution is 0.414. The highest BCUT2D eigenvalue weighted by Crippen LogP contribution is 2.51. The monoisotopic (exact) mass is 302 g/mol. The molecule has 2 aromatic heterocycles. The molecule has 3 unspecified atom stereocenters. The van der Waals surface area contributed by atoms with Crippen molar-refractivity contribution in [1.82, 2.24) is 19.5 Å². The van der Waals surface area contributed by atoms with Gasteiger partial charge in [0.05, 0.1) is 0 Å². The predicted octanol–water partition coefficient (Wildman–Crippen LogP) is 2.12. The molecule has 2 saturated carbocycles. The number of hydrogen-bond donors (Lipinski definition) is 2. The molecular weight excluding hydrogens is 280 g/mol. The Kier molecular flexibility index (Phi) is 3.20. The minimum Gasteiger partial charge on any atom is -0.336 e. The molecule has 2 fully saturated rings. The first-order valence-corrected chi connectivity index (χ1v) is 8.41. The highest BCUT2D eigenvalue weighted by molar-refractivity contribution is 5.69. The molecule has 2 N–H and O–H groups in total. The molecule has 0 amide bonds. The Morgan fingerprint density at radius 1 is 1.18 bits per heavy atom. The molecule has 2 heterocycles. The van der Waals surface area contributed by atoms with E-state index in [1.165, 1.54) is 25.7 Å². The Bertz CT molecular complexity index is 816. The quantitative estimate of drug-likeness (QED) is 0.911. The van der Waals surface area contributed by atoms with Crippen molar-refractivity contribution in [1.29, 1.82) is 0 Å². The summed E-state index contributed by atoms with van der Waals surface area (Å²) in [6.07, 6.45) is 7.16. The predicted molar refractivity (Wildman–Crippen MR) is 84.1 cm³/mol. The lowest BCUT2D eigenvalue weighted by Gasteiger charge is -2.15. The molecular formula is C16H22N4O2. The molecule has 2 aliphatic carbocycles. The molecule has 0 radical (unpaired) electrons. The van der Waals surface area contributed by atoms with Gasteiger partial charge in [-0.1, -0.05) is 19.8 Å². The van der Waals surface area contributed by atoms with Gasteiger partial charge in [-0.2, -0.15) is 0 Å². The average Bonchev–Trinajstić information content (AvgIpc) is 3.17. The van der Waals surface area contributed by atoms with Crippen LogP contribution in [-0.2, 0) is 6.54 Å². The van der Waals surface area contributed by atoms with Gasteiger partial charge in [0.15, 0.2) is 5.65 Å². The summed E-state index contributed by atoms with van der Waals surface area (Å²) in [6, 6.07) is 0. The topological polar surface area (TPSA) is 83.5 Å². The number of nitrogens with zero attached hydrogens (tertiary/aromatic N) is 2. The van der Waals surface area contributed by atoms with E-state index < -0.39 is 0 Å². The van der Waals surface area contributed by atoms with Gasteiger partial charge in [-0.05, 0) is 37.5 Å². The zero-order chi connectivity index (χ0) is 15.3. The van der Waals surface area contributed by atoms with Crippen LogP contribution >= 0.6 is 0 Å². The van der Waals surface area contributed by atoms with E-state index in [2.05, 4.69) is 15.0 Å². The number of aromatic nitrogens is 4. The van der Waals surface area contributed by atoms with Gasteiger partial charge in [-0.25, -0.2) is 9.78 Å². The van der Waals surface area contributed by atoms with Crippen LogP contribution in [0, 0.1) is 11.8 Å². The number of aromatic amines is 2. The van der Waals surface area contributed by atoms with Crippen molar-refractivity contribution >= 4 is 11.2 Å². The van der Waals surface area contributed by atoms with E-state index in [1.807, 2.05) is 6.92 Å². The Morgan fingerprint density at radius 2 is 2.05 bits per heavy atom. The summed E-state index contributed by atoms with van der Waals surface area (Å²) in [4.78, 5) is 34.4. The van der Waals surface area contributed by atoms with Crippen molar-refractivity contribution in [2.45, 2.75) is 57.9 Å². The van der Waals surface area contributed by atoms with E-state index in [4.69, 9.17) is 0 Å². The van der Waals surface area contributed by atoms with E-state index in [-0.39, 0.29) is 11.2 Å². The van der Waals surface area contributed by atoms with Crippen LogP contribution < -0.4 is 11.2 Å². The summed E-state index contributed by atoms with van der Waals surface area (Å²) < 4.78 is 1.58. The standard InChI is InChI=1S/C16H22N4O2/c1-2-8-20-14-12(15(21)19-16(20)22)17-13(18-14)11-7-6-9-4-3-5-10(9)11/h9-11H,2-8H2,1H3,(H,17,18)(H,19,21,22). The third-order valence-electron chi connectivity index (χ3n) is 5.53. The zero-order valence-corrected chi connectivity index (χ0v) is 12.9. The number of aryl methyl sites for hydroxylation is 1. The number of fused-ring (bicyclic) bond motifs is 2. The second-order valence-electron chi connectivity index (χ2n) is 6.77. The van der Waals surface area contributed by atoms with Crippen molar-refractivity contribution in [2.24, 2.45) is 11.8 Å². The number of H-pyrrole nitrogens is 2. The number of imidazole rings is 1. The van der Waals surface area contributed by atoms with E-state index in [1.54, 1.807) is 4.57 Å². The van der Waals surface area contributed by atoms with Crippen molar-refractivity contribution in [3.8, 4) is 0 Å². The lowest BCUT2D eigenvalue weighted by Crippen LogP contribution is -2.30. The van der Waals surface area contributed by atoms with Gasteiger partial charge in [-0.3, -0.25) is 14.3 Å². The SMILES string of the molecule is CCCn1c(=O)[nH]c(=O)c2[nH]c(C3CCC4CCCC43)nc21. The molecule has 22 heavy (non-hydrogen) atoms. The average molecular weight is 302 g/mol. The largest absolute Gasteiger partial charge is 0.336 e. The van der Waals surface area contributed by atoms with Crippen molar-refractivity contribution in [3.05, 3.63) is 26.7 Å². The molecule has 6 heteroatoms. The van der Waals surface area contributed by atoms with Crippen LogP contribution in [0.5, 0.6) is 0 Å². The van der Waals surface area contributed by atoms with Gasteiger partial charge in [0.25, 0.3) is 5.56 Å². The number of nitrogens with one attached hydrogen (secondary N) is 2. The first-order chi connectivity index (χ1) is 10.7. The summed E-state index contributed by atoms with van der Waals surface area (Å²) >= 11 is 0. The maximum absolute atomic E-state index is 12.1. The molecule has 0 aromatic carbocycles. The van der Waals surface area contributed by atoms with Gasteiger partial charge in [-0.15, -0.1) is 0 Å². The van der Waals surface area contributed by atoms with Gasteiger partial charge in [0.1, 0.15) is 11.3 Å². The molecule has 6 nitrogen and oxygen atoms in total. The number of rotatable bonds is 3. The Balaban J connectivity index is 1.83. The van der Waals surface area contributed by atoms with Crippen LogP contribution in [0.15, 0.2) is 9.59 Å². The van der Waals surface area contributed by atoms with Crippen LogP contribution in [-0.4, -0.2) is 19.5 Å². The smallest absolute Gasteiger partial charge is 0.330 e. The molecule has 2 aromatic rings. The van der Waals surface area contributed by atoms with Crippen molar-refractivity contribution in [3.63, 3.8) is 0 Å². The van der Waals surface area contributed by atoms with Gasteiger partial charge < -0.3 is 4.98 Å². The molecule has 0 saturated heterocycles. The molecule has 0 spiro atoms. The maximum atomic E-state index is 12.1. The first kappa shape index (κ1) is 13.8. The molecule has 0 aliphatic heterocycles. The summed E-state index contributed by atoms with van der Waals surface area (Å²) in [5.74, 6) is 2.86. The third-order valence-corrected chi connectivity index (χ3v) is 5.53. The summed E-state index contributed by atoms with van der Waals surface area (Å²) in [5, 5.41) is 0. The van der Waals surface area contributed by atoms with Crippen LogP contribution in [0.25, 0.3) is 11.2 Å². The van der Waals surface area contributed by atoms with Gasteiger partial charge >= 0.3 is 5.69 Å². The van der Waals surface area contributed by atoms with Crippen molar-refractivity contribution in [2.75, 3.05) is 0 Å². The Morgan fingerprint density at radius 3 is 2.86 bits per heavy atom. The fourth-order valence-electron chi connectivity index (χ4n) is 4.57. The summed E-state index contributed by atoms with van der Waals surface area (Å²) in [6.45, 7) is 2.59. The fourth-order valence-corrected chi connectivity index (χ4v) is 4.57. The highest BCUT2D eigenvalue weighted by atomic mass is 16.2. The Hall–Kier alpha value is -1.85. The molecule has 118 valence electrons. The van der Waals surface area contributed by atoms with Crippen LogP contribution in [0.4, 0.5) is 0 Å². The van der Waals surface area contributed by atoms with Gasteiger partial charge in [0.2, 0.25) is 0 Å². The van der Waals surface area contributed by atoms with E-state index in [0.29, 0.717) is 29.5 Å². The van der Waals surface area contributed by atoms with Crippen LogP contribution in [0.3, 0.4) is 0 Å². The van der Waals surface area contributed by atoms with Crippen LogP contribution in [0.2, 0.25) is 0 Å². The second-order valence-corrected chi connectivity index (χ2v) is 6.77.